The van der Waals surface area contributed by atoms with Crippen LogP contribution in [-0.2, 0) is 6.18 Å². The van der Waals surface area contributed by atoms with Gasteiger partial charge in [-0.3, -0.25) is 10.3 Å². The summed E-state index contributed by atoms with van der Waals surface area (Å²) < 4.78 is 38.6. The summed E-state index contributed by atoms with van der Waals surface area (Å²) in [5, 5.41) is 11.2. The van der Waals surface area contributed by atoms with Gasteiger partial charge in [0.15, 0.2) is 10.9 Å². The third-order valence-corrected chi connectivity index (χ3v) is 4.53. The quantitative estimate of drug-likeness (QED) is 0.364. The van der Waals surface area contributed by atoms with Crippen molar-refractivity contribution in [3.05, 3.63) is 35.9 Å². The van der Waals surface area contributed by atoms with Crippen LogP contribution in [0.25, 0.3) is 10.9 Å². The lowest BCUT2D eigenvalue weighted by Gasteiger charge is -2.12. The summed E-state index contributed by atoms with van der Waals surface area (Å²) in [4.78, 5) is 25.3. The standard InChI is InChI=1S/C15H13F3N6O2S.CH4/c1-6(27-13-23-11(15(16,17)18)3-12(19)24-13)8-2-7-9(4-20-8)21-5-10(7)22-14(25)26;/h2-6,21-22H,1H3,(H,25,26)(H2,19,23,24);1H4. The molecule has 3 heterocycles. The van der Waals surface area contributed by atoms with E-state index in [0.29, 0.717) is 28.4 Å². The fourth-order valence-corrected chi connectivity index (χ4v) is 3.21. The van der Waals surface area contributed by atoms with Gasteiger partial charge in [0.1, 0.15) is 5.82 Å². The van der Waals surface area contributed by atoms with Crippen LogP contribution in [0.3, 0.4) is 0 Å². The number of aromatic amines is 1. The van der Waals surface area contributed by atoms with Crippen molar-refractivity contribution in [2.75, 3.05) is 11.1 Å². The number of anilines is 2. The number of nitrogen functional groups attached to an aromatic ring is 1. The molecular formula is C16H17F3N6O2S. The summed E-state index contributed by atoms with van der Waals surface area (Å²) in [6.45, 7) is 1.72. The number of rotatable bonds is 4. The van der Waals surface area contributed by atoms with Crippen LogP contribution in [0.2, 0.25) is 0 Å². The molecule has 0 saturated carbocycles. The first-order valence-electron chi connectivity index (χ1n) is 7.49. The second kappa shape index (κ2) is 7.92. The Labute approximate surface area is 161 Å². The number of amides is 1. The minimum absolute atomic E-state index is 0. The lowest BCUT2D eigenvalue weighted by atomic mass is 10.2. The summed E-state index contributed by atoms with van der Waals surface area (Å²) in [7, 11) is 0. The van der Waals surface area contributed by atoms with Gasteiger partial charge in [0, 0.05) is 17.6 Å². The highest BCUT2D eigenvalue weighted by molar-refractivity contribution is 7.99. The van der Waals surface area contributed by atoms with Gasteiger partial charge in [-0.25, -0.2) is 14.8 Å². The van der Waals surface area contributed by atoms with Crippen LogP contribution >= 0.6 is 11.8 Å². The first-order chi connectivity index (χ1) is 12.6. The van der Waals surface area contributed by atoms with Gasteiger partial charge in [-0.2, -0.15) is 13.2 Å². The van der Waals surface area contributed by atoms with E-state index in [9.17, 15) is 18.0 Å². The zero-order chi connectivity index (χ0) is 19.8. The predicted molar refractivity (Wildman–Crippen MR) is 100 cm³/mol. The molecule has 8 nitrogen and oxygen atoms in total. The van der Waals surface area contributed by atoms with Crippen LogP contribution in [0, 0.1) is 0 Å². The van der Waals surface area contributed by atoms with Crippen molar-refractivity contribution in [1.82, 2.24) is 19.9 Å². The third-order valence-electron chi connectivity index (χ3n) is 3.54. The van der Waals surface area contributed by atoms with E-state index in [-0.39, 0.29) is 18.4 Å². The number of hydrogen-bond donors (Lipinski definition) is 4. The molecule has 0 aromatic carbocycles. The number of carbonyl (C=O) groups is 1. The zero-order valence-electron chi connectivity index (χ0n) is 13.7. The second-order valence-electron chi connectivity index (χ2n) is 5.51. The summed E-state index contributed by atoms with van der Waals surface area (Å²) in [5.74, 6) is -0.283. The van der Waals surface area contributed by atoms with Crippen LogP contribution in [-0.4, -0.2) is 31.1 Å². The molecule has 0 radical (unpaired) electrons. The van der Waals surface area contributed by atoms with E-state index in [0.717, 1.165) is 11.8 Å². The normalized spacial score (nSPS) is 12.4. The molecule has 1 atom stereocenters. The van der Waals surface area contributed by atoms with Crippen LogP contribution in [0.1, 0.15) is 31.0 Å². The largest absolute Gasteiger partial charge is 0.465 e. The number of nitrogens with zero attached hydrogens (tertiary/aromatic N) is 3. The van der Waals surface area contributed by atoms with Crippen molar-refractivity contribution in [2.45, 2.75) is 30.9 Å². The fraction of sp³-hybridized carbons (Fsp3) is 0.250. The Morgan fingerprint density at radius 3 is 2.71 bits per heavy atom. The van der Waals surface area contributed by atoms with Gasteiger partial charge in [0.05, 0.1) is 28.3 Å². The average Bonchev–Trinajstić information content (AvgIpc) is 2.95. The molecule has 0 aliphatic rings. The maximum atomic E-state index is 12.9. The predicted octanol–water partition coefficient (Wildman–Crippen LogP) is 4.53. The number of nitrogens with one attached hydrogen (secondary N) is 2. The average molecular weight is 414 g/mol. The maximum Gasteiger partial charge on any atom is 0.433 e. The van der Waals surface area contributed by atoms with Crippen molar-refractivity contribution in [1.29, 1.82) is 0 Å². The highest BCUT2D eigenvalue weighted by atomic mass is 32.2. The Balaban J connectivity index is 0.00000280. The number of pyridine rings is 1. The Bertz CT molecular complexity index is 1010. The molecule has 12 heteroatoms. The van der Waals surface area contributed by atoms with Crippen molar-refractivity contribution < 1.29 is 23.1 Å². The Morgan fingerprint density at radius 1 is 1.36 bits per heavy atom. The van der Waals surface area contributed by atoms with E-state index in [1.165, 1.54) is 12.4 Å². The van der Waals surface area contributed by atoms with Gasteiger partial charge in [0.25, 0.3) is 0 Å². The first kappa shape index (κ1) is 21.3. The number of fused-ring (bicyclic) bond motifs is 1. The number of hydrogen-bond acceptors (Lipinski definition) is 6. The number of alkyl halides is 3. The Hall–Kier alpha value is -3.02. The summed E-state index contributed by atoms with van der Waals surface area (Å²) in [5.41, 5.74) is 5.80. The van der Waals surface area contributed by atoms with E-state index in [1.54, 1.807) is 13.0 Å². The number of halogens is 3. The molecule has 150 valence electrons. The topological polar surface area (TPSA) is 130 Å². The summed E-state index contributed by atoms with van der Waals surface area (Å²) in [6, 6.07) is 2.31. The minimum Gasteiger partial charge on any atom is -0.465 e. The highest BCUT2D eigenvalue weighted by Crippen LogP contribution is 2.36. The molecule has 3 rings (SSSR count). The Kier molecular flexibility index (Phi) is 6.02. The van der Waals surface area contributed by atoms with Crippen molar-refractivity contribution in [3.8, 4) is 0 Å². The lowest BCUT2D eigenvalue weighted by Crippen LogP contribution is -2.11. The molecule has 0 bridgehead atoms. The molecule has 3 aromatic rings. The smallest absolute Gasteiger partial charge is 0.433 e. The number of nitrogens with two attached hydrogens (primary N) is 1. The van der Waals surface area contributed by atoms with E-state index in [4.69, 9.17) is 10.8 Å². The van der Waals surface area contributed by atoms with Crippen LogP contribution < -0.4 is 11.1 Å². The molecule has 28 heavy (non-hydrogen) atoms. The first-order valence-corrected chi connectivity index (χ1v) is 8.37. The molecular weight excluding hydrogens is 397 g/mol. The number of H-pyrrole nitrogens is 1. The van der Waals surface area contributed by atoms with E-state index in [1.807, 2.05) is 0 Å². The van der Waals surface area contributed by atoms with Gasteiger partial charge in [-0.15, -0.1) is 0 Å². The summed E-state index contributed by atoms with van der Waals surface area (Å²) in [6.07, 6.45) is -2.85. The van der Waals surface area contributed by atoms with Gasteiger partial charge in [-0.1, -0.05) is 19.2 Å². The Morgan fingerprint density at radius 2 is 2.07 bits per heavy atom. The van der Waals surface area contributed by atoms with E-state index >= 15 is 0 Å². The van der Waals surface area contributed by atoms with Crippen molar-refractivity contribution in [2.24, 2.45) is 0 Å². The summed E-state index contributed by atoms with van der Waals surface area (Å²) >= 11 is 0.960. The van der Waals surface area contributed by atoms with E-state index in [2.05, 4.69) is 25.3 Å². The molecule has 0 fully saturated rings. The van der Waals surface area contributed by atoms with Gasteiger partial charge in [-0.05, 0) is 13.0 Å². The number of thioether (sulfide) groups is 1. The van der Waals surface area contributed by atoms with Gasteiger partial charge < -0.3 is 15.8 Å². The molecule has 0 spiro atoms. The third kappa shape index (κ3) is 4.63. The lowest BCUT2D eigenvalue weighted by molar-refractivity contribution is -0.141. The maximum absolute atomic E-state index is 12.9. The fourth-order valence-electron chi connectivity index (χ4n) is 2.34. The molecule has 1 unspecified atom stereocenters. The van der Waals surface area contributed by atoms with Crippen LogP contribution in [0.15, 0.2) is 29.7 Å². The molecule has 0 saturated heterocycles. The van der Waals surface area contributed by atoms with Crippen LogP contribution in [0.4, 0.5) is 29.5 Å². The van der Waals surface area contributed by atoms with Gasteiger partial charge >= 0.3 is 12.3 Å². The second-order valence-corrected chi connectivity index (χ2v) is 6.81. The number of carboxylic acid groups (broad SMARTS) is 1. The monoisotopic (exact) mass is 414 g/mol. The van der Waals surface area contributed by atoms with Crippen molar-refractivity contribution >= 4 is 40.3 Å². The number of aromatic nitrogens is 4. The molecule has 3 aromatic heterocycles. The molecule has 0 aliphatic carbocycles. The van der Waals surface area contributed by atoms with Crippen LogP contribution in [0.5, 0.6) is 0 Å². The van der Waals surface area contributed by atoms with E-state index < -0.39 is 23.2 Å². The minimum atomic E-state index is -4.63. The van der Waals surface area contributed by atoms with Crippen molar-refractivity contribution in [3.63, 3.8) is 0 Å². The zero-order valence-corrected chi connectivity index (χ0v) is 14.5. The SMILES string of the molecule is C.CC(Sc1nc(N)cc(C(F)(F)F)n1)c1cc2c(NC(=O)O)c[nH]c2cn1. The molecule has 1 amide bonds. The van der Waals surface area contributed by atoms with Gasteiger partial charge in [0.2, 0.25) is 0 Å². The molecule has 5 N–H and O–H groups in total. The highest BCUT2D eigenvalue weighted by Gasteiger charge is 2.33. The molecule has 0 aliphatic heterocycles.